The van der Waals surface area contributed by atoms with Crippen LogP contribution in [0.5, 0.6) is 0 Å². The topological polar surface area (TPSA) is 34.9 Å². The van der Waals surface area contributed by atoms with Gasteiger partial charge >= 0.3 is 0 Å². The second-order valence-corrected chi connectivity index (χ2v) is 3.16. The fourth-order valence-corrected chi connectivity index (χ4v) is 1.64. The fourth-order valence-electron chi connectivity index (χ4n) is 1.34. The number of imidazole rings is 1. The van der Waals surface area contributed by atoms with E-state index in [-0.39, 0.29) is 0 Å². The Morgan fingerprint density at radius 2 is 2.31 bits per heavy atom. The molecule has 0 fully saturated rings. The summed E-state index contributed by atoms with van der Waals surface area (Å²) in [6.07, 6.45) is 0.719. The van der Waals surface area contributed by atoms with Crippen LogP contribution in [-0.2, 0) is 7.05 Å². The summed E-state index contributed by atoms with van der Waals surface area (Å²) in [6, 6.07) is 5.42. The molecule has 0 bridgehead atoms. The summed E-state index contributed by atoms with van der Waals surface area (Å²) >= 11 is 5.96. The Balaban J connectivity index is 2.92. The lowest BCUT2D eigenvalue weighted by molar-refractivity contribution is 0.111. The molecule has 1 aromatic heterocycles. The number of para-hydroxylation sites is 1. The Morgan fingerprint density at radius 3 is 2.92 bits per heavy atom. The van der Waals surface area contributed by atoms with E-state index in [1.54, 1.807) is 17.7 Å². The highest BCUT2D eigenvalue weighted by Crippen LogP contribution is 2.22. The maximum absolute atomic E-state index is 10.6. The first-order chi connectivity index (χ1) is 6.24. The van der Waals surface area contributed by atoms with Crippen molar-refractivity contribution in [3.63, 3.8) is 0 Å². The third-order valence-electron chi connectivity index (χ3n) is 1.98. The van der Waals surface area contributed by atoms with Crippen molar-refractivity contribution >= 4 is 28.9 Å². The maximum atomic E-state index is 10.6. The number of carbonyl (C=O) groups is 1. The molecular weight excluding hydrogens is 188 g/mol. The van der Waals surface area contributed by atoms with Crippen LogP contribution in [-0.4, -0.2) is 15.8 Å². The van der Waals surface area contributed by atoms with E-state index >= 15 is 0 Å². The van der Waals surface area contributed by atoms with Gasteiger partial charge in [-0.2, -0.15) is 0 Å². The molecule has 13 heavy (non-hydrogen) atoms. The molecule has 66 valence electrons. The zero-order chi connectivity index (χ0) is 9.42. The molecule has 0 amide bonds. The highest BCUT2D eigenvalue weighted by Gasteiger charge is 2.08. The molecule has 0 unspecified atom stereocenters. The number of aromatic nitrogens is 2. The van der Waals surface area contributed by atoms with Crippen LogP contribution < -0.4 is 0 Å². The lowest BCUT2D eigenvalue weighted by atomic mass is 10.3. The van der Waals surface area contributed by atoms with E-state index < -0.39 is 0 Å². The summed E-state index contributed by atoms with van der Waals surface area (Å²) < 4.78 is 1.69. The summed E-state index contributed by atoms with van der Waals surface area (Å²) in [5, 5.41) is 0.612. The number of rotatable bonds is 1. The number of carbonyl (C=O) groups excluding carboxylic acids is 1. The van der Waals surface area contributed by atoms with Crippen LogP contribution in [0.25, 0.3) is 11.0 Å². The predicted octanol–water partition coefficient (Wildman–Crippen LogP) is 2.04. The molecule has 0 atom stereocenters. The zero-order valence-corrected chi connectivity index (χ0v) is 7.75. The Bertz CT molecular complexity index is 476. The summed E-state index contributed by atoms with van der Waals surface area (Å²) in [5.74, 6) is 0.392. The summed E-state index contributed by atoms with van der Waals surface area (Å²) in [5.41, 5.74) is 1.54. The van der Waals surface area contributed by atoms with Gasteiger partial charge in [-0.1, -0.05) is 17.7 Å². The normalized spacial score (nSPS) is 10.6. The van der Waals surface area contributed by atoms with E-state index in [0.717, 1.165) is 17.3 Å². The highest BCUT2D eigenvalue weighted by atomic mass is 35.5. The van der Waals surface area contributed by atoms with Gasteiger partial charge in [0.15, 0.2) is 12.1 Å². The molecule has 0 radical (unpaired) electrons. The molecule has 0 aliphatic rings. The van der Waals surface area contributed by atoms with Gasteiger partial charge in [-0.3, -0.25) is 4.79 Å². The highest BCUT2D eigenvalue weighted by molar-refractivity contribution is 6.35. The average Bonchev–Trinajstić information content (AvgIpc) is 2.44. The van der Waals surface area contributed by atoms with Gasteiger partial charge in [0.2, 0.25) is 0 Å². The van der Waals surface area contributed by atoms with Crippen molar-refractivity contribution in [1.29, 1.82) is 0 Å². The monoisotopic (exact) mass is 194 g/mol. The molecule has 0 saturated heterocycles. The fraction of sp³-hybridized carbons (Fsp3) is 0.111. The number of halogens is 1. The third-order valence-corrected chi connectivity index (χ3v) is 2.29. The van der Waals surface area contributed by atoms with Crippen LogP contribution in [0.2, 0.25) is 5.02 Å². The predicted molar refractivity (Wildman–Crippen MR) is 51.1 cm³/mol. The molecule has 0 aliphatic heterocycles. The summed E-state index contributed by atoms with van der Waals surface area (Å²) in [4.78, 5) is 14.7. The number of nitrogens with zero attached hydrogens (tertiary/aromatic N) is 2. The molecule has 0 saturated carbocycles. The Hall–Kier alpha value is -1.35. The van der Waals surface area contributed by atoms with Crippen LogP contribution in [0.3, 0.4) is 0 Å². The van der Waals surface area contributed by atoms with Gasteiger partial charge in [0.1, 0.15) is 0 Å². The van der Waals surface area contributed by atoms with Crippen molar-refractivity contribution in [2.45, 2.75) is 0 Å². The first-order valence-electron chi connectivity index (χ1n) is 3.80. The second kappa shape index (κ2) is 2.85. The number of hydrogen-bond acceptors (Lipinski definition) is 2. The summed E-state index contributed by atoms with van der Waals surface area (Å²) in [7, 11) is 1.77. The van der Waals surface area contributed by atoms with Crippen molar-refractivity contribution in [3.8, 4) is 0 Å². The van der Waals surface area contributed by atoms with Crippen LogP contribution >= 0.6 is 11.6 Å². The minimum absolute atomic E-state index is 0.392. The van der Waals surface area contributed by atoms with Crippen LogP contribution in [0.4, 0.5) is 0 Å². The average molecular weight is 195 g/mol. The van der Waals surface area contributed by atoms with Gasteiger partial charge in [0.05, 0.1) is 16.1 Å². The SMILES string of the molecule is Cn1c(C=O)nc2cccc(Cl)c21. The Morgan fingerprint density at radius 1 is 1.54 bits per heavy atom. The lowest BCUT2D eigenvalue weighted by Crippen LogP contribution is -1.94. The molecule has 3 nitrogen and oxygen atoms in total. The van der Waals surface area contributed by atoms with Crippen molar-refractivity contribution in [2.24, 2.45) is 7.05 Å². The number of aldehydes is 1. The molecule has 0 spiro atoms. The molecule has 0 aliphatic carbocycles. The van der Waals surface area contributed by atoms with E-state index in [4.69, 9.17) is 11.6 Å². The Kier molecular flexibility index (Phi) is 1.81. The van der Waals surface area contributed by atoms with Gasteiger partial charge in [-0.15, -0.1) is 0 Å². The third kappa shape index (κ3) is 1.12. The van der Waals surface area contributed by atoms with E-state index in [0.29, 0.717) is 10.8 Å². The quantitative estimate of drug-likeness (QED) is 0.652. The second-order valence-electron chi connectivity index (χ2n) is 2.75. The van der Waals surface area contributed by atoms with Crippen LogP contribution in [0, 0.1) is 0 Å². The minimum atomic E-state index is 0.392. The number of aryl methyl sites for hydroxylation is 1. The molecule has 2 rings (SSSR count). The molecule has 1 heterocycles. The van der Waals surface area contributed by atoms with Crippen LogP contribution in [0.1, 0.15) is 10.6 Å². The summed E-state index contributed by atoms with van der Waals surface area (Å²) in [6.45, 7) is 0. The van der Waals surface area contributed by atoms with E-state index in [1.165, 1.54) is 0 Å². The minimum Gasteiger partial charge on any atom is -0.324 e. The van der Waals surface area contributed by atoms with Gasteiger partial charge in [0, 0.05) is 7.05 Å². The van der Waals surface area contributed by atoms with Crippen molar-refractivity contribution in [3.05, 3.63) is 29.0 Å². The van der Waals surface area contributed by atoms with Gasteiger partial charge < -0.3 is 4.57 Å². The van der Waals surface area contributed by atoms with E-state index in [1.807, 2.05) is 12.1 Å². The molecule has 0 N–H and O–H groups in total. The van der Waals surface area contributed by atoms with Crippen molar-refractivity contribution in [2.75, 3.05) is 0 Å². The number of hydrogen-bond donors (Lipinski definition) is 0. The zero-order valence-electron chi connectivity index (χ0n) is 6.99. The largest absolute Gasteiger partial charge is 0.324 e. The van der Waals surface area contributed by atoms with E-state index in [9.17, 15) is 4.79 Å². The Labute approximate surface area is 79.9 Å². The molecule has 1 aromatic carbocycles. The molecular formula is C9H7ClN2O. The molecule has 2 aromatic rings. The van der Waals surface area contributed by atoms with Crippen molar-refractivity contribution in [1.82, 2.24) is 9.55 Å². The van der Waals surface area contributed by atoms with E-state index in [2.05, 4.69) is 4.98 Å². The first-order valence-corrected chi connectivity index (χ1v) is 4.18. The standard InChI is InChI=1S/C9H7ClN2O/c1-12-8(5-13)11-7-4-2-3-6(10)9(7)12/h2-5H,1H3. The number of fused-ring (bicyclic) bond motifs is 1. The van der Waals surface area contributed by atoms with Gasteiger partial charge in [-0.25, -0.2) is 4.98 Å². The maximum Gasteiger partial charge on any atom is 0.185 e. The van der Waals surface area contributed by atoms with Crippen molar-refractivity contribution < 1.29 is 4.79 Å². The lowest BCUT2D eigenvalue weighted by Gasteiger charge is -1.96. The van der Waals surface area contributed by atoms with Gasteiger partial charge in [-0.05, 0) is 12.1 Å². The first kappa shape index (κ1) is 8.26. The number of benzene rings is 1. The molecule has 4 heteroatoms. The van der Waals surface area contributed by atoms with Gasteiger partial charge in [0.25, 0.3) is 0 Å². The smallest absolute Gasteiger partial charge is 0.185 e. The van der Waals surface area contributed by atoms with Crippen LogP contribution in [0.15, 0.2) is 18.2 Å².